The van der Waals surface area contributed by atoms with Crippen molar-refractivity contribution < 1.29 is 13.5 Å². The number of aliphatic hydroxyl groups is 1. The minimum Gasteiger partial charge on any atom is -0.390 e. The lowest BCUT2D eigenvalue weighted by molar-refractivity contribution is 0.0195. The number of rotatable bonds is 1. The van der Waals surface area contributed by atoms with Gasteiger partial charge in [0.2, 0.25) is 16.0 Å². The molecule has 0 radical (unpaired) electrons. The molecule has 3 rings (SSSR count). The van der Waals surface area contributed by atoms with Crippen molar-refractivity contribution in [1.82, 2.24) is 14.7 Å². The highest BCUT2D eigenvalue weighted by atomic mass is 79.9. The van der Waals surface area contributed by atoms with Crippen molar-refractivity contribution in [1.29, 1.82) is 0 Å². The molecule has 1 aliphatic heterocycles. The second-order valence-corrected chi connectivity index (χ2v) is 9.58. The van der Waals surface area contributed by atoms with Crippen molar-refractivity contribution in [2.75, 3.05) is 23.7 Å². The van der Waals surface area contributed by atoms with Crippen molar-refractivity contribution in [2.45, 2.75) is 30.8 Å². The van der Waals surface area contributed by atoms with Crippen LogP contribution in [0.5, 0.6) is 0 Å². The van der Waals surface area contributed by atoms with Gasteiger partial charge in [-0.15, -0.1) is 0 Å². The molecule has 0 spiro atoms. The minimum atomic E-state index is -3.66. The molecule has 4 bridgehead atoms. The van der Waals surface area contributed by atoms with E-state index in [0.717, 1.165) is 0 Å². The standard InChI is InChI=1S/C17H22BrN5O3S/c1-17(2,24)11-6-7-21-27(25,26)13-5-3-4-12(8-13)22-16-20-10-14(18)15(23-16)19-9-11/h3-5,8,10-11,21,24H,6-7,9H2,1-2H3,(H2,19,20,22,23). The molecule has 2 aromatic rings. The highest BCUT2D eigenvalue weighted by Gasteiger charge is 2.27. The third kappa shape index (κ3) is 4.95. The van der Waals surface area contributed by atoms with E-state index in [1.807, 2.05) is 0 Å². The summed E-state index contributed by atoms with van der Waals surface area (Å²) in [6.45, 7) is 4.06. The van der Waals surface area contributed by atoms with Crippen molar-refractivity contribution in [2.24, 2.45) is 5.92 Å². The average Bonchev–Trinajstić information content (AvgIpc) is 2.59. The van der Waals surface area contributed by atoms with E-state index in [9.17, 15) is 13.5 Å². The zero-order valence-electron chi connectivity index (χ0n) is 15.0. The van der Waals surface area contributed by atoms with Gasteiger partial charge in [-0.3, -0.25) is 0 Å². The fourth-order valence-corrected chi connectivity index (χ4v) is 4.22. The van der Waals surface area contributed by atoms with Gasteiger partial charge in [-0.1, -0.05) is 6.07 Å². The predicted molar refractivity (Wildman–Crippen MR) is 108 cm³/mol. The molecule has 8 nitrogen and oxygen atoms in total. The summed E-state index contributed by atoms with van der Waals surface area (Å²) in [6.07, 6.45) is 2.08. The van der Waals surface area contributed by atoms with E-state index in [1.54, 1.807) is 32.2 Å². The number of halogens is 1. The number of nitrogens with one attached hydrogen (secondary N) is 3. The summed E-state index contributed by atoms with van der Waals surface area (Å²) in [4.78, 5) is 8.80. The molecule has 0 fully saturated rings. The second kappa shape index (κ2) is 7.70. The summed E-state index contributed by atoms with van der Waals surface area (Å²) in [5.41, 5.74) is -0.423. The molecule has 0 aliphatic carbocycles. The predicted octanol–water partition coefficient (Wildman–Crippen LogP) is 2.46. The number of hydrogen-bond acceptors (Lipinski definition) is 7. The summed E-state index contributed by atoms with van der Waals surface area (Å²) in [5, 5.41) is 16.7. The molecule has 10 heteroatoms. The molecule has 0 saturated carbocycles. The summed E-state index contributed by atoms with van der Waals surface area (Å²) in [5.74, 6) is 0.725. The number of aromatic nitrogens is 2. The number of fused-ring (bicyclic) bond motifs is 4. The van der Waals surface area contributed by atoms with Gasteiger partial charge >= 0.3 is 0 Å². The molecule has 27 heavy (non-hydrogen) atoms. The Morgan fingerprint density at radius 1 is 1.33 bits per heavy atom. The smallest absolute Gasteiger partial charge is 0.240 e. The van der Waals surface area contributed by atoms with Crippen LogP contribution in [-0.4, -0.2) is 42.2 Å². The Kier molecular flexibility index (Phi) is 5.71. The highest BCUT2D eigenvalue weighted by Crippen LogP contribution is 2.26. The Bertz CT molecular complexity index is 930. The average molecular weight is 456 g/mol. The van der Waals surface area contributed by atoms with Gasteiger partial charge in [0.15, 0.2) is 0 Å². The number of nitrogens with zero attached hydrogens (tertiary/aromatic N) is 2. The first-order valence-electron chi connectivity index (χ1n) is 8.51. The molecule has 1 unspecified atom stereocenters. The zero-order chi connectivity index (χ0) is 19.7. The maximum Gasteiger partial charge on any atom is 0.240 e. The van der Waals surface area contributed by atoms with Crippen LogP contribution in [0.25, 0.3) is 0 Å². The molecule has 0 amide bonds. The number of anilines is 3. The number of benzene rings is 1. The lowest BCUT2D eigenvalue weighted by atomic mass is 9.88. The summed E-state index contributed by atoms with van der Waals surface area (Å²) < 4.78 is 28.4. The second-order valence-electron chi connectivity index (χ2n) is 6.96. The van der Waals surface area contributed by atoms with Crippen LogP contribution in [0.15, 0.2) is 39.8 Å². The third-order valence-electron chi connectivity index (χ3n) is 4.44. The van der Waals surface area contributed by atoms with Crippen molar-refractivity contribution in [3.63, 3.8) is 0 Å². The number of hydrogen-bond donors (Lipinski definition) is 4. The highest BCUT2D eigenvalue weighted by molar-refractivity contribution is 9.10. The first-order valence-corrected chi connectivity index (χ1v) is 10.8. The van der Waals surface area contributed by atoms with Crippen molar-refractivity contribution >= 4 is 43.4 Å². The van der Waals surface area contributed by atoms with E-state index in [-0.39, 0.29) is 17.4 Å². The van der Waals surface area contributed by atoms with E-state index < -0.39 is 15.6 Å². The van der Waals surface area contributed by atoms with Crippen molar-refractivity contribution in [3.8, 4) is 0 Å². The van der Waals surface area contributed by atoms with Crippen LogP contribution in [0.1, 0.15) is 20.3 Å². The minimum absolute atomic E-state index is 0.153. The van der Waals surface area contributed by atoms with Crippen LogP contribution in [0.4, 0.5) is 17.5 Å². The van der Waals surface area contributed by atoms with Gasteiger partial charge < -0.3 is 15.7 Å². The van der Waals surface area contributed by atoms with Crippen molar-refractivity contribution in [3.05, 3.63) is 34.9 Å². The van der Waals surface area contributed by atoms with Gasteiger partial charge in [0.05, 0.1) is 15.0 Å². The van der Waals surface area contributed by atoms with Crippen LogP contribution in [0, 0.1) is 5.92 Å². The molecule has 1 atom stereocenters. The Labute approximate surface area is 167 Å². The molecule has 0 saturated heterocycles. The Balaban J connectivity index is 2.01. The van der Waals surface area contributed by atoms with Gasteiger partial charge in [0.25, 0.3) is 0 Å². The largest absolute Gasteiger partial charge is 0.390 e. The molecule has 1 aliphatic rings. The summed E-state index contributed by atoms with van der Waals surface area (Å²) in [6, 6.07) is 6.45. The van der Waals surface area contributed by atoms with E-state index in [2.05, 4.69) is 41.3 Å². The fraction of sp³-hybridized carbons (Fsp3) is 0.412. The molecule has 1 aromatic heterocycles. The SMILES string of the molecule is CC(C)(O)C1CCNS(=O)(=O)c2cccc(c2)Nc2ncc(Br)c(n2)NC1. The normalized spacial score (nSPS) is 20.1. The van der Waals surface area contributed by atoms with Gasteiger partial charge in [-0.25, -0.2) is 18.1 Å². The molecule has 146 valence electrons. The molecular weight excluding hydrogens is 434 g/mol. The summed E-state index contributed by atoms with van der Waals surface area (Å²) >= 11 is 3.42. The molecule has 2 heterocycles. The van der Waals surface area contributed by atoms with Crippen LogP contribution < -0.4 is 15.4 Å². The topological polar surface area (TPSA) is 116 Å². The summed E-state index contributed by atoms with van der Waals surface area (Å²) in [7, 11) is -3.66. The Morgan fingerprint density at radius 2 is 2.11 bits per heavy atom. The van der Waals surface area contributed by atoms with Gasteiger partial charge in [-0.05, 0) is 54.4 Å². The zero-order valence-corrected chi connectivity index (χ0v) is 17.4. The van der Waals surface area contributed by atoms with E-state index in [0.29, 0.717) is 34.9 Å². The van der Waals surface area contributed by atoms with Crippen LogP contribution in [0.3, 0.4) is 0 Å². The van der Waals surface area contributed by atoms with Crippen LogP contribution >= 0.6 is 15.9 Å². The molecule has 4 N–H and O–H groups in total. The lowest BCUT2D eigenvalue weighted by Crippen LogP contribution is -2.38. The molecule has 1 aromatic carbocycles. The fourth-order valence-electron chi connectivity index (χ4n) is 2.80. The Morgan fingerprint density at radius 3 is 2.85 bits per heavy atom. The quantitative estimate of drug-likeness (QED) is 0.521. The van der Waals surface area contributed by atoms with E-state index >= 15 is 0 Å². The third-order valence-corrected chi connectivity index (χ3v) is 6.48. The van der Waals surface area contributed by atoms with Gasteiger partial charge in [0, 0.05) is 30.9 Å². The van der Waals surface area contributed by atoms with Gasteiger partial charge in [-0.2, -0.15) is 4.98 Å². The van der Waals surface area contributed by atoms with Crippen LogP contribution in [0.2, 0.25) is 0 Å². The van der Waals surface area contributed by atoms with Crippen LogP contribution in [-0.2, 0) is 10.0 Å². The monoisotopic (exact) mass is 455 g/mol. The Hall–Kier alpha value is -1.75. The maximum absolute atomic E-state index is 12.6. The molecular formula is C17H22BrN5O3S. The first kappa shape index (κ1) is 20.0. The first-order chi connectivity index (χ1) is 12.6. The maximum atomic E-state index is 12.6. The number of sulfonamides is 1. The van der Waals surface area contributed by atoms with E-state index in [4.69, 9.17) is 0 Å². The van der Waals surface area contributed by atoms with Gasteiger partial charge in [0.1, 0.15) is 5.82 Å². The van der Waals surface area contributed by atoms with E-state index in [1.165, 1.54) is 12.1 Å². The lowest BCUT2D eigenvalue weighted by Gasteiger charge is -2.30.